The van der Waals surface area contributed by atoms with E-state index in [2.05, 4.69) is 15.1 Å². The molecule has 1 fully saturated rings. The maximum absolute atomic E-state index is 13.5. The second kappa shape index (κ2) is 10.4. The third kappa shape index (κ3) is 5.72. The molecule has 2 aromatic carbocycles. The van der Waals surface area contributed by atoms with Gasteiger partial charge in [0.05, 0.1) is 25.0 Å². The van der Waals surface area contributed by atoms with E-state index < -0.39 is 11.6 Å². The van der Waals surface area contributed by atoms with Gasteiger partial charge < -0.3 is 9.47 Å². The van der Waals surface area contributed by atoms with Crippen LogP contribution in [0.5, 0.6) is 5.75 Å². The molecule has 32 heavy (non-hydrogen) atoms. The molecule has 0 amide bonds. The Morgan fingerprint density at radius 1 is 0.969 bits per heavy atom. The number of rotatable bonds is 8. The third-order valence-electron chi connectivity index (χ3n) is 5.24. The summed E-state index contributed by atoms with van der Waals surface area (Å²) in [4.78, 5) is 15.4. The van der Waals surface area contributed by atoms with Crippen LogP contribution in [0.3, 0.4) is 0 Å². The number of halogens is 2. The van der Waals surface area contributed by atoms with Crippen molar-refractivity contribution >= 4 is 5.78 Å². The van der Waals surface area contributed by atoms with Gasteiger partial charge in [-0.15, -0.1) is 0 Å². The molecule has 1 saturated heterocycles. The molecule has 1 aliphatic rings. The highest BCUT2D eigenvalue weighted by molar-refractivity contribution is 6.00. The second-order valence-electron chi connectivity index (χ2n) is 7.61. The highest BCUT2D eigenvalue weighted by atomic mass is 19.2. The summed E-state index contributed by atoms with van der Waals surface area (Å²) in [5, 5.41) is 7.56. The molecule has 0 N–H and O–H groups in total. The molecule has 1 aliphatic heterocycles. The second-order valence-corrected chi connectivity index (χ2v) is 7.61. The summed E-state index contributed by atoms with van der Waals surface area (Å²) >= 11 is 0. The lowest BCUT2D eigenvalue weighted by Gasteiger charge is -2.26. The average Bonchev–Trinajstić information content (AvgIpc) is 2.81. The lowest BCUT2D eigenvalue weighted by molar-refractivity contribution is 0.0341. The Bertz CT molecular complexity index is 1070. The molecule has 0 radical (unpaired) electrons. The fraction of sp³-hybridized carbons (Fsp3) is 0.292. The summed E-state index contributed by atoms with van der Waals surface area (Å²) < 4.78 is 38.0. The molecule has 1 aromatic heterocycles. The van der Waals surface area contributed by atoms with Crippen molar-refractivity contribution in [1.29, 1.82) is 0 Å². The summed E-state index contributed by atoms with van der Waals surface area (Å²) in [5.74, 6) is -1.58. The first-order valence-corrected chi connectivity index (χ1v) is 10.4. The minimum atomic E-state index is -0.937. The lowest BCUT2D eigenvalue weighted by atomic mass is 10.0. The molecule has 8 heteroatoms. The van der Waals surface area contributed by atoms with Gasteiger partial charge in [-0.25, -0.2) is 8.78 Å². The molecule has 0 unspecified atom stereocenters. The minimum Gasteiger partial charge on any atom is -0.488 e. The summed E-state index contributed by atoms with van der Waals surface area (Å²) in [6.45, 7) is 3.76. The Morgan fingerprint density at radius 2 is 1.78 bits per heavy atom. The van der Waals surface area contributed by atoms with Gasteiger partial charge in [-0.1, -0.05) is 12.1 Å². The van der Waals surface area contributed by atoms with Gasteiger partial charge in [-0.3, -0.25) is 9.69 Å². The van der Waals surface area contributed by atoms with Crippen LogP contribution >= 0.6 is 0 Å². The first kappa shape index (κ1) is 22.0. The summed E-state index contributed by atoms with van der Waals surface area (Å²) in [7, 11) is 0. The van der Waals surface area contributed by atoms with Gasteiger partial charge in [0, 0.05) is 32.3 Å². The first-order chi connectivity index (χ1) is 15.6. The fourth-order valence-electron chi connectivity index (χ4n) is 3.53. The predicted octanol–water partition coefficient (Wildman–Crippen LogP) is 3.59. The molecule has 3 aromatic rings. The number of benzene rings is 2. The molecular formula is C24H23F2N3O3. The van der Waals surface area contributed by atoms with Crippen molar-refractivity contribution in [2.45, 2.75) is 19.6 Å². The molecule has 4 rings (SSSR count). The molecule has 0 spiro atoms. The van der Waals surface area contributed by atoms with Crippen LogP contribution in [-0.2, 0) is 24.3 Å². The van der Waals surface area contributed by atoms with Crippen LogP contribution < -0.4 is 4.74 Å². The van der Waals surface area contributed by atoms with Crippen LogP contribution in [0.4, 0.5) is 8.78 Å². The number of nitrogens with zero attached hydrogens (tertiary/aromatic N) is 3. The summed E-state index contributed by atoms with van der Waals surface area (Å²) in [5.41, 5.74) is 2.64. The number of carbonyl (C=O) groups excluding carboxylic acids is 1. The largest absolute Gasteiger partial charge is 0.488 e. The van der Waals surface area contributed by atoms with E-state index in [0.717, 1.165) is 36.3 Å². The highest BCUT2D eigenvalue weighted by Gasteiger charge is 2.17. The van der Waals surface area contributed by atoms with Gasteiger partial charge in [0.25, 0.3) is 0 Å². The number of morpholine rings is 1. The Balaban J connectivity index is 1.55. The van der Waals surface area contributed by atoms with E-state index >= 15 is 0 Å². The molecule has 2 heterocycles. The quantitative estimate of drug-likeness (QED) is 0.500. The van der Waals surface area contributed by atoms with Crippen molar-refractivity contribution in [1.82, 2.24) is 15.1 Å². The topological polar surface area (TPSA) is 64.6 Å². The van der Waals surface area contributed by atoms with E-state index in [1.165, 1.54) is 12.3 Å². The van der Waals surface area contributed by atoms with Crippen molar-refractivity contribution in [2.24, 2.45) is 0 Å². The molecule has 0 aliphatic carbocycles. The predicted molar refractivity (Wildman–Crippen MR) is 113 cm³/mol. The van der Waals surface area contributed by atoms with Crippen molar-refractivity contribution in [3.63, 3.8) is 0 Å². The molecule has 6 nitrogen and oxygen atoms in total. The molecule has 0 saturated carbocycles. The van der Waals surface area contributed by atoms with Gasteiger partial charge in [0.2, 0.25) is 0 Å². The van der Waals surface area contributed by atoms with E-state index in [-0.39, 0.29) is 18.8 Å². The molecular weight excluding hydrogens is 416 g/mol. The number of ketones is 1. The lowest BCUT2D eigenvalue weighted by Crippen LogP contribution is -2.35. The monoisotopic (exact) mass is 439 g/mol. The van der Waals surface area contributed by atoms with Crippen molar-refractivity contribution < 1.29 is 23.0 Å². The normalized spacial score (nSPS) is 14.3. The van der Waals surface area contributed by atoms with Crippen LogP contribution in [0.1, 0.15) is 27.0 Å². The Hall–Kier alpha value is -3.23. The zero-order chi connectivity index (χ0) is 22.3. The van der Waals surface area contributed by atoms with E-state index in [1.807, 2.05) is 12.1 Å². The third-order valence-corrected chi connectivity index (χ3v) is 5.24. The van der Waals surface area contributed by atoms with Gasteiger partial charge >= 0.3 is 0 Å². The zero-order valence-electron chi connectivity index (χ0n) is 17.5. The molecule has 0 atom stereocenters. The van der Waals surface area contributed by atoms with Gasteiger partial charge in [-0.05, 0) is 47.0 Å². The number of hydrogen-bond acceptors (Lipinski definition) is 6. The first-order valence-electron chi connectivity index (χ1n) is 10.4. The van der Waals surface area contributed by atoms with E-state index in [9.17, 15) is 13.6 Å². The number of carbonyl (C=O) groups is 1. The summed E-state index contributed by atoms with van der Waals surface area (Å²) in [6.07, 6.45) is 3.24. The van der Waals surface area contributed by atoms with Crippen molar-refractivity contribution in [3.8, 4) is 5.75 Å². The highest BCUT2D eigenvalue weighted by Crippen LogP contribution is 2.25. The number of Topliss-reactive ketones (excluding diaryl/α,β-unsaturated/α-hetero) is 1. The smallest absolute Gasteiger partial charge is 0.171 e. The summed E-state index contributed by atoms with van der Waals surface area (Å²) in [6, 6.07) is 10.9. The van der Waals surface area contributed by atoms with Crippen molar-refractivity contribution in [2.75, 3.05) is 26.3 Å². The van der Waals surface area contributed by atoms with Crippen LogP contribution in [0, 0.1) is 11.6 Å². The maximum atomic E-state index is 13.5. The Labute approximate surface area is 184 Å². The van der Waals surface area contributed by atoms with Gasteiger partial charge in [0.15, 0.2) is 17.4 Å². The van der Waals surface area contributed by atoms with Crippen LogP contribution in [0.2, 0.25) is 0 Å². The van der Waals surface area contributed by atoms with Gasteiger partial charge in [-0.2, -0.15) is 10.2 Å². The van der Waals surface area contributed by atoms with E-state index in [1.54, 1.807) is 18.3 Å². The molecule has 0 bridgehead atoms. The van der Waals surface area contributed by atoms with Crippen LogP contribution in [0.25, 0.3) is 0 Å². The average molecular weight is 439 g/mol. The number of aromatic nitrogens is 2. The molecule has 166 valence electrons. The zero-order valence-corrected chi connectivity index (χ0v) is 17.5. The minimum absolute atomic E-state index is 0.0110. The number of hydrogen-bond donors (Lipinski definition) is 0. The maximum Gasteiger partial charge on any atom is 0.171 e. The van der Waals surface area contributed by atoms with Gasteiger partial charge in [0.1, 0.15) is 12.4 Å². The van der Waals surface area contributed by atoms with E-state index in [0.29, 0.717) is 36.6 Å². The standard InChI is InChI=1S/C24H23F2N3O3/c25-21-3-1-19(12-22(21)26)16-32-24-4-2-18(15-29-7-9-31-10-8-29)11-20(24)23(30)13-17-5-6-27-28-14-17/h1-6,11-12,14H,7-10,13,15-16H2. The number of ether oxygens (including phenoxy) is 2. The van der Waals surface area contributed by atoms with Crippen molar-refractivity contribution in [3.05, 3.63) is 88.7 Å². The van der Waals surface area contributed by atoms with Crippen LogP contribution in [-0.4, -0.2) is 47.2 Å². The Kier molecular flexibility index (Phi) is 7.14. The van der Waals surface area contributed by atoms with Crippen LogP contribution in [0.15, 0.2) is 54.9 Å². The van der Waals surface area contributed by atoms with E-state index in [4.69, 9.17) is 9.47 Å². The fourth-order valence-corrected chi connectivity index (χ4v) is 3.53. The SMILES string of the molecule is O=C(Cc1ccnnc1)c1cc(CN2CCOCC2)ccc1OCc1ccc(F)c(F)c1. The Morgan fingerprint density at radius 3 is 2.53 bits per heavy atom.